The van der Waals surface area contributed by atoms with Gasteiger partial charge in [0.1, 0.15) is 5.54 Å². The fraction of sp³-hybridized carbons (Fsp3) is 0.400. The highest BCUT2D eigenvalue weighted by Crippen LogP contribution is 2.16. The zero-order chi connectivity index (χ0) is 16.8. The van der Waals surface area contributed by atoms with E-state index in [-0.39, 0.29) is 19.5 Å². The molecule has 1 aromatic rings. The molecule has 0 fully saturated rings. The summed E-state index contributed by atoms with van der Waals surface area (Å²) in [5.41, 5.74) is -0.563. The van der Waals surface area contributed by atoms with Gasteiger partial charge in [-0.05, 0) is 31.5 Å². The van der Waals surface area contributed by atoms with Crippen LogP contribution in [-0.2, 0) is 11.3 Å². The number of urea groups is 1. The molecule has 0 aromatic heterocycles. The molecule has 22 heavy (non-hydrogen) atoms. The highest BCUT2D eigenvalue weighted by molar-refractivity contribution is 6.30. The summed E-state index contributed by atoms with van der Waals surface area (Å²) < 4.78 is 0. The normalized spacial score (nSPS) is 10.6. The second-order valence-corrected chi connectivity index (χ2v) is 5.65. The van der Waals surface area contributed by atoms with Gasteiger partial charge in [-0.15, -0.1) is 0 Å². The van der Waals surface area contributed by atoms with Gasteiger partial charge in [0.05, 0.1) is 12.5 Å². The van der Waals surface area contributed by atoms with Crippen LogP contribution in [0.3, 0.4) is 0 Å². The van der Waals surface area contributed by atoms with Crippen LogP contribution in [0.15, 0.2) is 24.3 Å². The second kappa shape index (κ2) is 7.66. The van der Waals surface area contributed by atoms with E-state index in [9.17, 15) is 14.7 Å². The summed E-state index contributed by atoms with van der Waals surface area (Å²) in [6.07, 6.45) is 0.0606. The van der Waals surface area contributed by atoms with Crippen LogP contribution in [0.2, 0.25) is 5.02 Å². The summed E-state index contributed by atoms with van der Waals surface area (Å²) in [5, 5.41) is 21.2. The molecule has 0 bridgehead atoms. The number of nitrogens with one attached hydrogen (secondary N) is 1. The maximum Gasteiger partial charge on any atom is 0.329 e. The minimum Gasteiger partial charge on any atom is -0.480 e. The Morgan fingerprint density at radius 2 is 1.95 bits per heavy atom. The average molecular weight is 324 g/mol. The standard InChI is InChI=1S/C15H18ClN3O3/c1-15(2,13(20)21)19(9-3-8-17)14(22)18-10-11-4-6-12(16)7-5-11/h4-7H,3,9-10H2,1-2H3,(H,18,22)(H,20,21). The van der Waals surface area contributed by atoms with Crippen LogP contribution in [0.25, 0.3) is 0 Å². The Balaban J connectivity index is 2.77. The van der Waals surface area contributed by atoms with Crippen molar-refractivity contribution in [2.45, 2.75) is 32.4 Å². The molecule has 0 aliphatic heterocycles. The van der Waals surface area contributed by atoms with Crippen LogP contribution in [0.5, 0.6) is 0 Å². The van der Waals surface area contributed by atoms with Gasteiger partial charge < -0.3 is 15.3 Å². The molecule has 2 N–H and O–H groups in total. The molecule has 0 aliphatic carbocycles. The number of hydrogen-bond donors (Lipinski definition) is 2. The van der Waals surface area contributed by atoms with E-state index in [1.165, 1.54) is 13.8 Å². The van der Waals surface area contributed by atoms with E-state index in [2.05, 4.69) is 5.32 Å². The maximum absolute atomic E-state index is 12.3. The van der Waals surface area contributed by atoms with Crippen molar-refractivity contribution in [2.24, 2.45) is 0 Å². The monoisotopic (exact) mass is 323 g/mol. The van der Waals surface area contributed by atoms with Gasteiger partial charge in [-0.1, -0.05) is 23.7 Å². The Hall–Kier alpha value is -2.26. The predicted molar refractivity (Wildman–Crippen MR) is 82.3 cm³/mol. The van der Waals surface area contributed by atoms with Crippen molar-refractivity contribution < 1.29 is 14.7 Å². The third kappa shape index (κ3) is 4.64. The van der Waals surface area contributed by atoms with Crippen LogP contribution in [-0.4, -0.2) is 34.1 Å². The largest absolute Gasteiger partial charge is 0.480 e. The molecule has 0 aliphatic rings. The number of carbonyl (C=O) groups excluding carboxylic acids is 1. The van der Waals surface area contributed by atoms with Gasteiger partial charge in [0.25, 0.3) is 0 Å². The molecule has 0 saturated heterocycles. The SMILES string of the molecule is CC(C)(C(=O)O)N(CCC#N)C(=O)NCc1ccc(Cl)cc1. The Kier molecular flexibility index (Phi) is 6.20. The van der Waals surface area contributed by atoms with Crippen molar-refractivity contribution in [3.05, 3.63) is 34.9 Å². The van der Waals surface area contributed by atoms with Gasteiger partial charge in [0, 0.05) is 18.1 Å². The number of benzene rings is 1. The number of carbonyl (C=O) groups is 2. The number of carboxylic acids is 1. The molecule has 1 aromatic carbocycles. The van der Waals surface area contributed by atoms with E-state index in [4.69, 9.17) is 16.9 Å². The molecule has 1 rings (SSSR count). The molecule has 2 amide bonds. The van der Waals surface area contributed by atoms with E-state index < -0.39 is 17.5 Å². The molecule has 0 saturated carbocycles. The lowest BCUT2D eigenvalue weighted by atomic mass is 10.0. The Morgan fingerprint density at radius 1 is 1.36 bits per heavy atom. The Labute approximate surface area is 134 Å². The number of nitrogens with zero attached hydrogens (tertiary/aromatic N) is 2. The second-order valence-electron chi connectivity index (χ2n) is 5.21. The summed E-state index contributed by atoms with van der Waals surface area (Å²) in [6.45, 7) is 3.14. The maximum atomic E-state index is 12.3. The Morgan fingerprint density at radius 3 is 2.45 bits per heavy atom. The minimum atomic E-state index is -1.40. The van der Waals surface area contributed by atoms with E-state index in [1.54, 1.807) is 24.3 Å². The van der Waals surface area contributed by atoms with Crippen LogP contribution in [0, 0.1) is 11.3 Å². The fourth-order valence-electron chi connectivity index (χ4n) is 1.79. The number of carboxylic acid groups (broad SMARTS) is 1. The molecule has 0 heterocycles. The first-order chi connectivity index (χ1) is 10.3. The van der Waals surface area contributed by atoms with Gasteiger partial charge in [-0.25, -0.2) is 9.59 Å². The summed E-state index contributed by atoms with van der Waals surface area (Å²) in [4.78, 5) is 24.7. The number of hydrogen-bond acceptors (Lipinski definition) is 3. The molecular weight excluding hydrogens is 306 g/mol. The quantitative estimate of drug-likeness (QED) is 0.841. The summed E-state index contributed by atoms with van der Waals surface area (Å²) in [5.74, 6) is -1.13. The number of amides is 2. The van der Waals surface area contributed by atoms with Crippen molar-refractivity contribution in [2.75, 3.05) is 6.54 Å². The van der Waals surface area contributed by atoms with Crippen molar-refractivity contribution in [3.63, 3.8) is 0 Å². The molecule has 0 atom stereocenters. The van der Waals surface area contributed by atoms with Crippen LogP contribution >= 0.6 is 11.6 Å². The molecule has 118 valence electrons. The number of aliphatic carboxylic acids is 1. The van der Waals surface area contributed by atoms with E-state index in [0.29, 0.717) is 5.02 Å². The first-order valence-electron chi connectivity index (χ1n) is 6.69. The molecule has 0 spiro atoms. The van der Waals surface area contributed by atoms with E-state index >= 15 is 0 Å². The topological polar surface area (TPSA) is 93.4 Å². The molecule has 7 heteroatoms. The molecule has 6 nitrogen and oxygen atoms in total. The predicted octanol–water partition coefficient (Wildman–Crippen LogP) is 2.63. The van der Waals surface area contributed by atoms with Gasteiger partial charge in [-0.3, -0.25) is 0 Å². The van der Waals surface area contributed by atoms with Crippen LogP contribution < -0.4 is 5.32 Å². The zero-order valence-corrected chi connectivity index (χ0v) is 13.2. The first kappa shape index (κ1) is 17.8. The number of nitriles is 1. The summed E-state index contributed by atoms with van der Waals surface area (Å²) in [7, 11) is 0. The number of halogens is 1. The van der Waals surface area contributed by atoms with E-state index in [1.807, 2.05) is 6.07 Å². The van der Waals surface area contributed by atoms with Crippen molar-refractivity contribution in [3.8, 4) is 6.07 Å². The lowest BCUT2D eigenvalue weighted by Crippen LogP contribution is -2.56. The molecular formula is C15H18ClN3O3. The summed E-state index contributed by atoms with van der Waals surface area (Å²) >= 11 is 5.79. The highest BCUT2D eigenvalue weighted by atomic mass is 35.5. The lowest BCUT2D eigenvalue weighted by molar-refractivity contribution is -0.147. The van der Waals surface area contributed by atoms with Gasteiger partial charge in [0.15, 0.2) is 0 Å². The highest BCUT2D eigenvalue weighted by Gasteiger charge is 2.37. The fourth-order valence-corrected chi connectivity index (χ4v) is 1.91. The van der Waals surface area contributed by atoms with Gasteiger partial charge in [-0.2, -0.15) is 5.26 Å². The lowest BCUT2D eigenvalue weighted by Gasteiger charge is -2.34. The van der Waals surface area contributed by atoms with Crippen molar-refractivity contribution in [1.82, 2.24) is 10.2 Å². The van der Waals surface area contributed by atoms with Crippen LogP contribution in [0.1, 0.15) is 25.8 Å². The first-order valence-corrected chi connectivity index (χ1v) is 7.07. The molecule has 0 unspecified atom stereocenters. The third-order valence-electron chi connectivity index (χ3n) is 3.25. The smallest absolute Gasteiger partial charge is 0.329 e. The zero-order valence-electron chi connectivity index (χ0n) is 12.5. The van der Waals surface area contributed by atoms with Crippen molar-refractivity contribution in [1.29, 1.82) is 5.26 Å². The number of rotatable bonds is 6. The average Bonchev–Trinajstić information content (AvgIpc) is 2.46. The van der Waals surface area contributed by atoms with Crippen molar-refractivity contribution >= 4 is 23.6 Å². The minimum absolute atomic E-state index is 0.0439. The third-order valence-corrected chi connectivity index (χ3v) is 3.50. The van der Waals surface area contributed by atoms with Gasteiger partial charge in [0.2, 0.25) is 0 Å². The van der Waals surface area contributed by atoms with E-state index in [0.717, 1.165) is 10.5 Å². The van der Waals surface area contributed by atoms with Gasteiger partial charge >= 0.3 is 12.0 Å². The molecule has 0 radical (unpaired) electrons. The Bertz CT molecular complexity index is 579. The van der Waals surface area contributed by atoms with Crippen LogP contribution in [0.4, 0.5) is 4.79 Å². The summed E-state index contributed by atoms with van der Waals surface area (Å²) in [6, 6.07) is 8.33.